The van der Waals surface area contributed by atoms with E-state index in [9.17, 15) is 13.2 Å². The smallest absolute Gasteiger partial charge is 0.267 e. The van der Waals surface area contributed by atoms with Crippen molar-refractivity contribution in [3.63, 3.8) is 0 Å². The van der Waals surface area contributed by atoms with Gasteiger partial charge in [-0.15, -0.1) is 11.3 Å². The fraction of sp³-hybridized carbons (Fsp3) is 0.300. The fourth-order valence-electron chi connectivity index (χ4n) is 3.42. The van der Waals surface area contributed by atoms with Gasteiger partial charge in [0.15, 0.2) is 0 Å². The molecule has 2 aromatic heterocycles. The van der Waals surface area contributed by atoms with E-state index in [1.807, 2.05) is 30.3 Å². The number of thiophene rings is 1. The summed E-state index contributed by atoms with van der Waals surface area (Å²) in [6.45, 7) is 4.03. The van der Waals surface area contributed by atoms with Gasteiger partial charge in [-0.05, 0) is 37.3 Å². The molecule has 1 aliphatic heterocycles. The van der Waals surface area contributed by atoms with Crippen LogP contribution < -0.4 is 10.5 Å². The molecule has 1 aromatic carbocycles. The number of hydrogen-bond acceptors (Lipinski definition) is 6. The van der Waals surface area contributed by atoms with Gasteiger partial charge in [0.1, 0.15) is 4.21 Å². The second kappa shape index (κ2) is 8.10. The van der Waals surface area contributed by atoms with Crippen molar-refractivity contribution < 1.29 is 8.42 Å². The lowest BCUT2D eigenvalue weighted by Crippen LogP contribution is -2.48. The number of sulfonamides is 1. The largest absolute Gasteiger partial charge is 0.369 e. The highest BCUT2D eigenvalue weighted by molar-refractivity contribution is 7.91. The molecule has 1 aliphatic rings. The third-order valence-electron chi connectivity index (χ3n) is 4.96. The van der Waals surface area contributed by atoms with Crippen molar-refractivity contribution in [2.75, 3.05) is 31.1 Å². The number of nitrogens with zero attached hydrogens (tertiary/aromatic N) is 3. The molecule has 9 heteroatoms. The Morgan fingerprint density at radius 2 is 1.79 bits per heavy atom. The summed E-state index contributed by atoms with van der Waals surface area (Å²) in [5.74, 6) is 0. The van der Waals surface area contributed by atoms with Crippen LogP contribution in [0.2, 0.25) is 0 Å². The number of benzene rings is 1. The van der Waals surface area contributed by atoms with E-state index in [0.29, 0.717) is 42.4 Å². The highest BCUT2D eigenvalue weighted by atomic mass is 32.2. The second-order valence-corrected chi connectivity index (χ2v) is 10.3. The van der Waals surface area contributed by atoms with Crippen molar-refractivity contribution in [3.8, 4) is 0 Å². The van der Waals surface area contributed by atoms with Crippen LogP contribution in [-0.2, 0) is 16.4 Å². The second-order valence-electron chi connectivity index (χ2n) is 6.99. The monoisotopic (exact) mass is 430 g/mol. The number of aromatic amines is 1. The van der Waals surface area contributed by atoms with Crippen LogP contribution in [0.4, 0.5) is 5.69 Å². The predicted molar refractivity (Wildman–Crippen MR) is 114 cm³/mol. The van der Waals surface area contributed by atoms with Gasteiger partial charge in [0.25, 0.3) is 15.6 Å². The van der Waals surface area contributed by atoms with Crippen LogP contribution in [0.5, 0.6) is 0 Å². The maximum absolute atomic E-state index is 13.1. The van der Waals surface area contributed by atoms with Crippen LogP contribution in [0, 0.1) is 6.92 Å². The Hall–Kier alpha value is -2.49. The predicted octanol–water partition coefficient (Wildman–Crippen LogP) is 2.24. The topological polar surface area (TPSA) is 86.4 Å². The van der Waals surface area contributed by atoms with Crippen LogP contribution in [0.3, 0.4) is 0 Å². The Morgan fingerprint density at radius 3 is 2.52 bits per heavy atom. The minimum Gasteiger partial charge on any atom is -0.369 e. The Balaban J connectivity index is 1.46. The summed E-state index contributed by atoms with van der Waals surface area (Å²) in [4.78, 5) is 15.0. The SMILES string of the molecule is Cc1cc(Cc2ccc(S(=O)(=O)N3CCN(c4ccccc4)CC3)s2)c(=O)[nH]n1. The first kappa shape index (κ1) is 19.8. The zero-order valence-corrected chi connectivity index (χ0v) is 17.7. The van der Waals surface area contributed by atoms with Gasteiger partial charge in [0.05, 0.1) is 5.69 Å². The maximum atomic E-state index is 13.1. The Kier molecular flexibility index (Phi) is 5.53. The van der Waals surface area contributed by atoms with Crippen LogP contribution in [0.1, 0.15) is 16.1 Å². The Labute approximate surface area is 173 Å². The standard InChI is InChI=1S/C20H22N4O3S2/c1-15-13-16(20(25)22-21-15)14-18-7-8-19(28-18)29(26,27)24-11-9-23(10-12-24)17-5-3-2-4-6-17/h2-8,13H,9-12,14H2,1H3,(H,22,25). The maximum Gasteiger partial charge on any atom is 0.267 e. The summed E-state index contributed by atoms with van der Waals surface area (Å²) in [5.41, 5.74) is 2.17. The van der Waals surface area contributed by atoms with Gasteiger partial charge in [-0.1, -0.05) is 18.2 Å². The van der Waals surface area contributed by atoms with Crippen LogP contribution in [-0.4, -0.2) is 49.1 Å². The molecule has 29 heavy (non-hydrogen) atoms. The van der Waals surface area contributed by atoms with Gasteiger partial charge in [-0.2, -0.15) is 9.40 Å². The minimum absolute atomic E-state index is 0.245. The van der Waals surface area contributed by atoms with E-state index < -0.39 is 10.0 Å². The van der Waals surface area contributed by atoms with Gasteiger partial charge in [-0.3, -0.25) is 4.79 Å². The van der Waals surface area contributed by atoms with E-state index in [2.05, 4.69) is 15.1 Å². The fourth-order valence-corrected chi connectivity index (χ4v) is 6.38. The minimum atomic E-state index is -3.53. The molecule has 0 spiro atoms. The van der Waals surface area contributed by atoms with Gasteiger partial charge in [0, 0.05) is 48.7 Å². The lowest BCUT2D eigenvalue weighted by molar-refractivity contribution is 0.386. The average molecular weight is 431 g/mol. The number of anilines is 1. The highest BCUT2D eigenvalue weighted by Gasteiger charge is 2.29. The van der Waals surface area contributed by atoms with Crippen LogP contribution in [0.15, 0.2) is 57.5 Å². The van der Waals surface area contributed by atoms with Crippen molar-refractivity contribution in [2.45, 2.75) is 17.6 Å². The average Bonchev–Trinajstić information content (AvgIpc) is 3.21. The molecule has 0 aliphatic carbocycles. The van der Waals surface area contributed by atoms with E-state index in [1.54, 1.807) is 29.4 Å². The zero-order chi connectivity index (χ0) is 20.4. The molecule has 7 nitrogen and oxygen atoms in total. The molecule has 4 rings (SSSR count). The number of aromatic nitrogens is 2. The first-order valence-electron chi connectivity index (χ1n) is 9.37. The number of para-hydroxylation sites is 1. The number of aryl methyl sites for hydroxylation is 1. The molecule has 0 atom stereocenters. The van der Waals surface area contributed by atoms with Gasteiger partial charge in [0.2, 0.25) is 0 Å². The molecule has 0 unspecified atom stereocenters. The van der Waals surface area contributed by atoms with Crippen LogP contribution in [0.25, 0.3) is 0 Å². The number of hydrogen-bond donors (Lipinski definition) is 1. The summed E-state index contributed by atoms with van der Waals surface area (Å²) in [7, 11) is -3.53. The summed E-state index contributed by atoms with van der Waals surface area (Å²) in [6, 6.07) is 15.2. The summed E-state index contributed by atoms with van der Waals surface area (Å²) < 4.78 is 28.0. The molecule has 0 amide bonds. The van der Waals surface area contributed by atoms with Crippen LogP contribution >= 0.6 is 11.3 Å². The van der Waals surface area contributed by atoms with Gasteiger partial charge >= 0.3 is 0 Å². The molecule has 0 radical (unpaired) electrons. The Bertz CT molecular complexity index is 1150. The first-order valence-corrected chi connectivity index (χ1v) is 11.6. The van der Waals surface area contributed by atoms with Crippen molar-refractivity contribution in [2.24, 2.45) is 0 Å². The molecule has 1 saturated heterocycles. The highest BCUT2D eigenvalue weighted by Crippen LogP contribution is 2.27. The molecule has 152 valence electrons. The van der Waals surface area contributed by atoms with E-state index in [4.69, 9.17) is 0 Å². The molecule has 0 bridgehead atoms. The van der Waals surface area contributed by atoms with Gasteiger partial charge in [-0.25, -0.2) is 13.5 Å². The van der Waals surface area contributed by atoms with Gasteiger partial charge < -0.3 is 4.90 Å². The normalized spacial score (nSPS) is 15.6. The number of H-pyrrole nitrogens is 1. The van der Waals surface area contributed by atoms with Crippen molar-refractivity contribution >= 4 is 27.0 Å². The van der Waals surface area contributed by atoms with E-state index in [0.717, 1.165) is 16.3 Å². The molecule has 1 fully saturated rings. The third kappa shape index (κ3) is 4.26. The molecule has 3 aromatic rings. The quantitative estimate of drug-likeness (QED) is 0.671. The molecule has 3 heterocycles. The van der Waals surface area contributed by atoms with E-state index in [1.165, 1.54) is 11.3 Å². The first-order chi connectivity index (χ1) is 13.9. The number of rotatable bonds is 5. The van der Waals surface area contributed by atoms with Crippen molar-refractivity contribution in [1.82, 2.24) is 14.5 Å². The number of piperazine rings is 1. The van der Waals surface area contributed by atoms with E-state index in [-0.39, 0.29) is 5.56 Å². The number of nitrogens with one attached hydrogen (secondary N) is 1. The molecular weight excluding hydrogens is 408 g/mol. The zero-order valence-electron chi connectivity index (χ0n) is 16.0. The van der Waals surface area contributed by atoms with E-state index >= 15 is 0 Å². The summed E-state index contributed by atoms with van der Waals surface area (Å²) in [5, 5.41) is 6.34. The molecule has 1 N–H and O–H groups in total. The lowest BCUT2D eigenvalue weighted by Gasteiger charge is -2.35. The lowest BCUT2D eigenvalue weighted by atomic mass is 10.2. The summed E-state index contributed by atoms with van der Waals surface area (Å²) in [6.07, 6.45) is 0.390. The van der Waals surface area contributed by atoms with Crippen molar-refractivity contribution in [3.05, 3.63) is 75.0 Å². The Morgan fingerprint density at radius 1 is 1.07 bits per heavy atom. The third-order valence-corrected chi connectivity index (χ3v) is 8.42. The molecule has 0 saturated carbocycles. The summed E-state index contributed by atoms with van der Waals surface area (Å²) >= 11 is 1.22. The van der Waals surface area contributed by atoms with Crippen molar-refractivity contribution in [1.29, 1.82) is 0 Å². The molecular formula is C20H22N4O3S2.